The number of para-hydroxylation sites is 1. The van der Waals surface area contributed by atoms with Crippen molar-refractivity contribution in [3.8, 4) is 17.3 Å². The van der Waals surface area contributed by atoms with Crippen LogP contribution in [0.4, 0.5) is 8.78 Å². The molecule has 6 nitrogen and oxygen atoms in total. The first-order valence-electron chi connectivity index (χ1n) is 11.9. The summed E-state index contributed by atoms with van der Waals surface area (Å²) in [5, 5.41) is 15.3. The van der Waals surface area contributed by atoms with Crippen molar-refractivity contribution in [2.45, 2.75) is 59.3 Å². The molecule has 0 saturated heterocycles. The Labute approximate surface area is 206 Å². The molecule has 1 aromatic heterocycles. The summed E-state index contributed by atoms with van der Waals surface area (Å²) in [6.07, 6.45) is 0.200. The standard InChI is InChI=1S/C27H35F2N3O3/c1-6-14-31(16-22(33)18-34-27(3,4)5)17-23-19(2)30-32(21-10-8-7-9-11-21)26(23)35-25-13-12-20(28)15-24(25)29/h7-13,15,22,33H,6,14,16-18H2,1-5H3/t22-/m0/s1. The lowest BCUT2D eigenvalue weighted by atomic mass is 10.2. The van der Waals surface area contributed by atoms with Crippen molar-refractivity contribution in [2.75, 3.05) is 19.7 Å². The van der Waals surface area contributed by atoms with E-state index in [1.165, 1.54) is 6.07 Å². The summed E-state index contributed by atoms with van der Waals surface area (Å²) >= 11 is 0. The fourth-order valence-corrected chi connectivity index (χ4v) is 3.70. The van der Waals surface area contributed by atoms with E-state index in [4.69, 9.17) is 9.47 Å². The van der Waals surface area contributed by atoms with Crippen LogP contribution in [0.25, 0.3) is 5.69 Å². The fraction of sp³-hybridized carbons (Fsp3) is 0.444. The molecule has 1 heterocycles. The number of aromatic nitrogens is 2. The summed E-state index contributed by atoms with van der Waals surface area (Å²) < 4.78 is 41.4. The minimum Gasteiger partial charge on any atom is -0.435 e. The van der Waals surface area contributed by atoms with Crippen LogP contribution in [0, 0.1) is 18.6 Å². The van der Waals surface area contributed by atoms with E-state index in [2.05, 4.69) is 16.9 Å². The summed E-state index contributed by atoms with van der Waals surface area (Å²) in [5.41, 5.74) is 1.88. The zero-order valence-corrected chi connectivity index (χ0v) is 21.1. The monoisotopic (exact) mass is 487 g/mol. The lowest BCUT2D eigenvalue weighted by molar-refractivity contribution is -0.0567. The van der Waals surface area contributed by atoms with Gasteiger partial charge in [-0.15, -0.1) is 0 Å². The van der Waals surface area contributed by atoms with Crippen LogP contribution in [-0.4, -0.2) is 51.2 Å². The van der Waals surface area contributed by atoms with Gasteiger partial charge in [0.15, 0.2) is 11.6 Å². The van der Waals surface area contributed by atoms with Crippen LogP contribution in [0.1, 0.15) is 45.4 Å². The van der Waals surface area contributed by atoms with Crippen molar-refractivity contribution >= 4 is 0 Å². The number of aliphatic hydroxyl groups excluding tert-OH is 1. The molecule has 0 fully saturated rings. The van der Waals surface area contributed by atoms with Gasteiger partial charge in [0, 0.05) is 19.2 Å². The van der Waals surface area contributed by atoms with Gasteiger partial charge in [0.1, 0.15) is 5.82 Å². The number of hydrogen-bond acceptors (Lipinski definition) is 5. The van der Waals surface area contributed by atoms with Gasteiger partial charge in [0.2, 0.25) is 5.88 Å². The Morgan fingerprint density at radius 1 is 1.11 bits per heavy atom. The number of aliphatic hydroxyl groups is 1. The normalized spacial score (nSPS) is 12.8. The highest BCUT2D eigenvalue weighted by Crippen LogP contribution is 2.33. The summed E-state index contributed by atoms with van der Waals surface area (Å²) in [5.74, 6) is -1.22. The lowest BCUT2D eigenvalue weighted by Crippen LogP contribution is -2.37. The summed E-state index contributed by atoms with van der Waals surface area (Å²) in [6.45, 7) is 11.5. The molecule has 3 rings (SSSR count). The second-order valence-corrected chi connectivity index (χ2v) is 9.61. The van der Waals surface area contributed by atoms with Crippen molar-refractivity contribution in [3.05, 3.63) is 71.4 Å². The average Bonchev–Trinajstić information content (AvgIpc) is 3.09. The first-order chi connectivity index (χ1) is 16.6. The Balaban J connectivity index is 1.94. The molecular formula is C27H35F2N3O3. The van der Waals surface area contributed by atoms with E-state index in [0.29, 0.717) is 24.7 Å². The Morgan fingerprint density at radius 3 is 2.46 bits per heavy atom. The van der Waals surface area contributed by atoms with Gasteiger partial charge in [0.05, 0.1) is 35.3 Å². The molecule has 1 N–H and O–H groups in total. The Hall–Kier alpha value is -2.81. The molecule has 0 bridgehead atoms. The van der Waals surface area contributed by atoms with E-state index in [0.717, 1.165) is 36.3 Å². The van der Waals surface area contributed by atoms with Crippen molar-refractivity contribution in [1.29, 1.82) is 0 Å². The zero-order chi connectivity index (χ0) is 25.6. The molecule has 3 aromatic rings. The maximum Gasteiger partial charge on any atom is 0.227 e. The van der Waals surface area contributed by atoms with E-state index in [1.807, 2.05) is 58.0 Å². The molecule has 0 aliphatic carbocycles. The fourth-order valence-electron chi connectivity index (χ4n) is 3.70. The predicted molar refractivity (Wildman–Crippen MR) is 132 cm³/mol. The van der Waals surface area contributed by atoms with Crippen LogP contribution in [0.5, 0.6) is 11.6 Å². The predicted octanol–water partition coefficient (Wildman–Crippen LogP) is 5.64. The van der Waals surface area contributed by atoms with Gasteiger partial charge in [0.25, 0.3) is 0 Å². The molecule has 1 atom stereocenters. The molecule has 35 heavy (non-hydrogen) atoms. The highest BCUT2D eigenvalue weighted by atomic mass is 19.1. The van der Waals surface area contributed by atoms with E-state index >= 15 is 0 Å². The van der Waals surface area contributed by atoms with E-state index in [-0.39, 0.29) is 18.0 Å². The summed E-state index contributed by atoms with van der Waals surface area (Å²) in [4.78, 5) is 2.10. The van der Waals surface area contributed by atoms with Gasteiger partial charge in [-0.2, -0.15) is 5.10 Å². The molecule has 0 radical (unpaired) electrons. The third-order valence-electron chi connectivity index (χ3n) is 5.34. The van der Waals surface area contributed by atoms with Crippen LogP contribution >= 0.6 is 0 Å². The minimum absolute atomic E-state index is 0.0922. The molecule has 2 aromatic carbocycles. The molecule has 0 unspecified atom stereocenters. The first kappa shape index (κ1) is 26.8. The smallest absolute Gasteiger partial charge is 0.227 e. The average molecular weight is 488 g/mol. The van der Waals surface area contributed by atoms with E-state index in [9.17, 15) is 13.9 Å². The molecule has 8 heteroatoms. The van der Waals surface area contributed by atoms with Gasteiger partial charge in [-0.3, -0.25) is 4.90 Å². The van der Waals surface area contributed by atoms with Crippen molar-refractivity contribution < 1.29 is 23.4 Å². The molecule has 0 saturated carbocycles. The second kappa shape index (κ2) is 11.7. The van der Waals surface area contributed by atoms with Gasteiger partial charge in [-0.1, -0.05) is 25.1 Å². The number of halogens is 2. The number of nitrogens with zero attached hydrogens (tertiary/aromatic N) is 3. The zero-order valence-electron chi connectivity index (χ0n) is 21.1. The Bertz CT molecular complexity index is 1100. The maximum atomic E-state index is 14.5. The highest BCUT2D eigenvalue weighted by Gasteiger charge is 2.24. The molecule has 0 spiro atoms. The van der Waals surface area contributed by atoms with Crippen LogP contribution < -0.4 is 4.74 Å². The number of ether oxygens (including phenoxy) is 2. The molecule has 190 valence electrons. The van der Waals surface area contributed by atoms with Crippen LogP contribution in [0.15, 0.2) is 48.5 Å². The van der Waals surface area contributed by atoms with Gasteiger partial charge in [-0.25, -0.2) is 13.5 Å². The van der Waals surface area contributed by atoms with Gasteiger partial charge in [-0.05, 0) is 64.9 Å². The van der Waals surface area contributed by atoms with Gasteiger partial charge >= 0.3 is 0 Å². The van der Waals surface area contributed by atoms with E-state index < -0.39 is 17.7 Å². The largest absolute Gasteiger partial charge is 0.435 e. The van der Waals surface area contributed by atoms with Crippen molar-refractivity contribution in [1.82, 2.24) is 14.7 Å². The third-order valence-corrected chi connectivity index (χ3v) is 5.34. The number of aryl methyl sites for hydroxylation is 1. The molecule has 0 aliphatic heterocycles. The topological polar surface area (TPSA) is 59.8 Å². The number of hydrogen-bond donors (Lipinski definition) is 1. The van der Waals surface area contributed by atoms with Gasteiger partial charge < -0.3 is 14.6 Å². The minimum atomic E-state index is -0.797. The highest BCUT2D eigenvalue weighted by molar-refractivity contribution is 5.43. The Morgan fingerprint density at radius 2 is 1.83 bits per heavy atom. The lowest BCUT2D eigenvalue weighted by Gasteiger charge is -2.27. The number of benzene rings is 2. The van der Waals surface area contributed by atoms with E-state index in [1.54, 1.807) is 4.68 Å². The third kappa shape index (κ3) is 7.59. The maximum absolute atomic E-state index is 14.5. The SMILES string of the molecule is CCCN(Cc1c(C)nn(-c2ccccc2)c1Oc1ccc(F)cc1F)C[C@H](O)COC(C)(C)C. The molecular weight excluding hydrogens is 452 g/mol. The Kier molecular flexibility index (Phi) is 8.99. The quantitative estimate of drug-likeness (QED) is 0.379. The van der Waals surface area contributed by atoms with Crippen LogP contribution in [0.2, 0.25) is 0 Å². The molecule has 0 amide bonds. The summed E-state index contributed by atoms with van der Waals surface area (Å²) in [6, 6.07) is 12.6. The first-order valence-corrected chi connectivity index (χ1v) is 11.9. The second-order valence-electron chi connectivity index (χ2n) is 9.61. The van der Waals surface area contributed by atoms with Crippen LogP contribution in [0.3, 0.4) is 0 Å². The van der Waals surface area contributed by atoms with Crippen molar-refractivity contribution in [2.24, 2.45) is 0 Å². The van der Waals surface area contributed by atoms with Crippen molar-refractivity contribution in [3.63, 3.8) is 0 Å². The summed E-state index contributed by atoms with van der Waals surface area (Å²) in [7, 11) is 0. The molecule has 0 aliphatic rings. The number of rotatable bonds is 11. The van der Waals surface area contributed by atoms with Crippen LogP contribution in [-0.2, 0) is 11.3 Å².